The molecular formula is C13H20N2O4. The van der Waals surface area contributed by atoms with Gasteiger partial charge in [-0.3, -0.25) is 4.79 Å². The molecule has 1 saturated heterocycles. The molecule has 0 spiro atoms. The number of carbonyl (C=O) groups excluding carboxylic acids is 1. The lowest BCUT2D eigenvalue weighted by molar-refractivity contribution is -0.149. The summed E-state index contributed by atoms with van der Waals surface area (Å²) in [6.07, 6.45) is 3.75. The molecule has 0 aromatic rings. The normalized spacial score (nSPS) is 33.1. The summed E-state index contributed by atoms with van der Waals surface area (Å²) in [6, 6.07) is -0.901. The molecule has 0 bridgehead atoms. The van der Waals surface area contributed by atoms with Crippen LogP contribution in [0.5, 0.6) is 0 Å². The largest absolute Gasteiger partial charge is 0.480 e. The van der Waals surface area contributed by atoms with E-state index in [9.17, 15) is 14.7 Å². The van der Waals surface area contributed by atoms with Gasteiger partial charge in [0, 0.05) is 19.5 Å². The summed E-state index contributed by atoms with van der Waals surface area (Å²) in [5.74, 6) is -1.48. The minimum Gasteiger partial charge on any atom is -0.480 e. The number of carbonyl (C=O) groups is 2. The fourth-order valence-electron chi connectivity index (χ4n) is 3.04. The summed E-state index contributed by atoms with van der Waals surface area (Å²) in [6.45, 7) is 0.506. The van der Waals surface area contributed by atoms with Gasteiger partial charge >= 0.3 is 5.97 Å². The second-order valence-electron chi connectivity index (χ2n) is 5.19. The summed E-state index contributed by atoms with van der Waals surface area (Å²) in [5.41, 5.74) is 6.50. The Morgan fingerprint density at radius 3 is 2.84 bits per heavy atom. The Morgan fingerprint density at radius 2 is 2.21 bits per heavy atom. The number of aliphatic hydroxyl groups is 1. The van der Waals surface area contributed by atoms with Crippen LogP contribution in [0.25, 0.3) is 0 Å². The molecule has 1 unspecified atom stereocenters. The van der Waals surface area contributed by atoms with Gasteiger partial charge in [0.2, 0.25) is 5.91 Å². The van der Waals surface area contributed by atoms with Crippen LogP contribution in [-0.2, 0) is 9.59 Å². The molecule has 1 saturated carbocycles. The van der Waals surface area contributed by atoms with E-state index in [1.54, 1.807) is 0 Å². The first-order valence-electron chi connectivity index (χ1n) is 6.65. The van der Waals surface area contributed by atoms with E-state index >= 15 is 0 Å². The Labute approximate surface area is 111 Å². The molecular weight excluding hydrogens is 248 g/mol. The van der Waals surface area contributed by atoms with Crippen molar-refractivity contribution in [2.24, 2.45) is 11.7 Å². The Kier molecular flexibility index (Phi) is 4.21. The van der Waals surface area contributed by atoms with Crippen molar-refractivity contribution < 1.29 is 19.8 Å². The number of amides is 1. The van der Waals surface area contributed by atoms with Crippen molar-refractivity contribution in [2.45, 2.75) is 37.8 Å². The van der Waals surface area contributed by atoms with E-state index in [1.807, 2.05) is 6.08 Å². The molecule has 106 valence electrons. The van der Waals surface area contributed by atoms with Crippen molar-refractivity contribution in [1.82, 2.24) is 4.90 Å². The van der Waals surface area contributed by atoms with Crippen LogP contribution in [-0.4, -0.2) is 52.2 Å². The summed E-state index contributed by atoms with van der Waals surface area (Å²) < 4.78 is 0. The van der Waals surface area contributed by atoms with Crippen LogP contribution in [0.1, 0.15) is 25.7 Å². The third-order valence-electron chi connectivity index (χ3n) is 3.93. The monoisotopic (exact) mass is 268 g/mol. The van der Waals surface area contributed by atoms with Crippen molar-refractivity contribution in [3.05, 3.63) is 11.6 Å². The van der Waals surface area contributed by atoms with E-state index in [4.69, 9.17) is 10.8 Å². The highest BCUT2D eigenvalue weighted by Gasteiger charge is 2.42. The molecule has 2 aliphatic rings. The van der Waals surface area contributed by atoms with E-state index in [0.29, 0.717) is 6.54 Å². The topological polar surface area (TPSA) is 104 Å². The summed E-state index contributed by atoms with van der Waals surface area (Å²) in [4.78, 5) is 24.9. The molecule has 1 aliphatic carbocycles. The highest BCUT2D eigenvalue weighted by molar-refractivity contribution is 5.87. The van der Waals surface area contributed by atoms with Gasteiger partial charge in [-0.1, -0.05) is 11.6 Å². The summed E-state index contributed by atoms with van der Waals surface area (Å²) in [5, 5.41) is 18.7. The maximum Gasteiger partial charge on any atom is 0.326 e. The summed E-state index contributed by atoms with van der Waals surface area (Å²) >= 11 is 0. The number of β-amino-alcohol motifs (C(OH)–C–C–N with tert-alkyl or cyclic N) is 1. The third-order valence-corrected chi connectivity index (χ3v) is 3.93. The molecule has 2 fully saturated rings. The number of nitrogens with zero attached hydrogens (tertiary/aromatic N) is 1. The highest BCUT2D eigenvalue weighted by Crippen LogP contribution is 2.34. The van der Waals surface area contributed by atoms with E-state index < -0.39 is 18.1 Å². The lowest BCUT2D eigenvalue weighted by Gasteiger charge is -2.25. The van der Waals surface area contributed by atoms with Crippen LogP contribution < -0.4 is 5.73 Å². The molecule has 6 nitrogen and oxygen atoms in total. The number of aliphatic carboxylic acids is 1. The standard InChI is InChI=1S/C13H20N2O4/c14-5-4-8-2-1-3-10(8)12(17)15-7-9(16)6-11(15)13(18)19/h4,9-11,16H,1-3,5-7,14H2,(H,18,19)/b8-4+/t9-,10?,11+/m1/s1. The molecule has 1 aliphatic heterocycles. The van der Waals surface area contributed by atoms with E-state index in [0.717, 1.165) is 24.8 Å². The Morgan fingerprint density at radius 1 is 1.47 bits per heavy atom. The molecule has 0 radical (unpaired) electrons. The van der Waals surface area contributed by atoms with Crippen molar-refractivity contribution in [2.75, 3.05) is 13.1 Å². The quantitative estimate of drug-likeness (QED) is 0.611. The average molecular weight is 268 g/mol. The number of hydrogen-bond donors (Lipinski definition) is 3. The van der Waals surface area contributed by atoms with Gasteiger partial charge in [0.25, 0.3) is 0 Å². The Hall–Kier alpha value is -1.40. The van der Waals surface area contributed by atoms with Gasteiger partial charge in [0.05, 0.1) is 12.0 Å². The van der Waals surface area contributed by atoms with Crippen molar-refractivity contribution in [1.29, 1.82) is 0 Å². The zero-order chi connectivity index (χ0) is 14.0. The van der Waals surface area contributed by atoms with Crippen molar-refractivity contribution in [3.8, 4) is 0 Å². The first-order valence-corrected chi connectivity index (χ1v) is 6.65. The molecule has 4 N–H and O–H groups in total. The first kappa shape index (κ1) is 14.0. The number of rotatable bonds is 3. The van der Waals surface area contributed by atoms with Crippen LogP contribution in [0.15, 0.2) is 11.6 Å². The maximum atomic E-state index is 12.5. The molecule has 0 aromatic carbocycles. The maximum absolute atomic E-state index is 12.5. The summed E-state index contributed by atoms with van der Waals surface area (Å²) in [7, 11) is 0. The number of carboxylic acid groups (broad SMARTS) is 1. The molecule has 3 atom stereocenters. The highest BCUT2D eigenvalue weighted by atomic mass is 16.4. The Balaban J connectivity index is 2.14. The van der Waals surface area contributed by atoms with Crippen LogP contribution in [0.3, 0.4) is 0 Å². The van der Waals surface area contributed by atoms with Gasteiger partial charge in [-0.05, 0) is 19.3 Å². The predicted octanol–water partition coefficient (Wildman–Crippen LogP) is -0.282. The van der Waals surface area contributed by atoms with Gasteiger partial charge < -0.3 is 20.8 Å². The predicted molar refractivity (Wildman–Crippen MR) is 68.2 cm³/mol. The van der Waals surface area contributed by atoms with Gasteiger partial charge in [-0.15, -0.1) is 0 Å². The number of carboxylic acids is 1. The first-order chi connectivity index (χ1) is 9.04. The second-order valence-corrected chi connectivity index (χ2v) is 5.19. The number of likely N-dealkylation sites (tertiary alicyclic amines) is 1. The fourth-order valence-corrected chi connectivity index (χ4v) is 3.04. The average Bonchev–Trinajstić information content (AvgIpc) is 2.95. The lowest BCUT2D eigenvalue weighted by atomic mass is 10.00. The van der Waals surface area contributed by atoms with Gasteiger partial charge in [-0.25, -0.2) is 4.79 Å². The minimum absolute atomic E-state index is 0.113. The SMILES string of the molecule is NC/C=C1\CCCC1C(=O)N1C[C@H](O)C[C@H]1C(=O)O. The molecule has 1 heterocycles. The number of hydrogen-bond acceptors (Lipinski definition) is 4. The van der Waals surface area contributed by atoms with E-state index in [2.05, 4.69) is 0 Å². The minimum atomic E-state index is -1.05. The van der Waals surface area contributed by atoms with Gasteiger partial charge in [0.15, 0.2) is 0 Å². The number of aliphatic hydroxyl groups excluding tert-OH is 1. The van der Waals surface area contributed by atoms with Crippen LogP contribution in [0, 0.1) is 5.92 Å². The molecule has 6 heteroatoms. The van der Waals surface area contributed by atoms with Gasteiger partial charge in [-0.2, -0.15) is 0 Å². The van der Waals surface area contributed by atoms with Gasteiger partial charge in [0.1, 0.15) is 6.04 Å². The second kappa shape index (κ2) is 5.71. The van der Waals surface area contributed by atoms with Crippen LogP contribution >= 0.6 is 0 Å². The van der Waals surface area contributed by atoms with E-state index in [1.165, 1.54) is 4.90 Å². The molecule has 1 amide bonds. The molecule has 19 heavy (non-hydrogen) atoms. The smallest absolute Gasteiger partial charge is 0.326 e. The van der Waals surface area contributed by atoms with Crippen LogP contribution in [0.4, 0.5) is 0 Å². The lowest BCUT2D eigenvalue weighted by Crippen LogP contribution is -2.43. The fraction of sp³-hybridized carbons (Fsp3) is 0.692. The third kappa shape index (κ3) is 2.79. The zero-order valence-corrected chi connectivity index (χ0v) is 10.8. The van der Waals surface area contributed by atoms with Crippen molar-refractivity contribution >= 4 is 11.9 Å². The van der Waals surface area contributed by atoms with Crippen molar-refractivity contribution in [3.63, 3.8) is 0 Å². The molecule has 2 rings (SSSR count). The van der Waals surface area contributed by atoms with Crippen LogP contribution in [0.2, 0.25) is 0 Å². The Bertz CT molecular complexity index is 407. The zero-order valence-electron chi connectivity index (χ0n) is 10.8. The van der Waals surface area contributed by atoms with E-state index in [-0.39, 0.29) is 24.8 Å². The number of nitrogens with two attached hydrogens (primary N) is 1. The molecule has 0 aromatic heterocycles.